The lowest BCUT2D eigenvalue weighted by Crippen LogP contribution is -2.46. The van der Waals surface area contributed by atoms with Crippen LogP contribution < -0.4 is 10.1 Å². The zero-order chi connectivity index (χ0) is 23.3. The summed E-state index contributed by atoms with van der Waals surface area (Å²) >= 11 is 0. The predicted octanol–water partition coefficient (Wildman–Crippen LogP) is 3.58. The molecule has 6 nitrogen and oxygen atoms in total. The van der Waals surface area contributed by atoms with Gasteiger partial charge in [0.05, 0.1) is 19.1 Å². The summed E-state index contributed by atoms with van der Waals surface area (Å²) in [4.78, 5) is 30.0. The third-order valence-corrected chi connectivity index (χ3v) is 6.12. The average Bonchev–Trinajstić information content (AvgIpc) is 2.78. The van der Waals surface area contributed by atoms with E-state index in [1.54, 1.807) is 7.11 Å². The van der Waals surface area contributed by atoms with Crippen molar-refractivity contribution in [1.29, 1.82) is 0 Å². The van der Waals surface area contributed by atoms with Crippen LogP contribution in [-0.2, 0) is 4.79 Å². The second-order valence-corrected chi connectivity index (χ2v) is 8.97. The number of nitrogens with zero attached hydrogens (tertiary/aromatic N) is 2. The Bertz CT molecular complexity index is 937. The maximum atomic E-state index is 13.0. The SMILES string of the molecule is COc1cccc(C(CNC(=O)C2CCCN(C(=O)c3cc(C)cc(C)c3)C2)N(C)C)c1. The smallest absolute Gasteiger partial charge is 0.253 e. The first-order chi connectivity index (χ1) is 15.3. The van der Waals surface area contributed by atoms with Crippen LogP contribution in [0.15, 0.2) is 42.5 Å². The molecule has 2 amide bonds. The van der Waals surface area contributed by atoms with Crippen LogP contribution in [0.25, 0.3) is 0 Å². The van der Waals surface area contributed by atoms with Crippen LogP contribution in [0, 0.1) is 19.8 Å². The lowest BCUT2D eigenvalue weighted by molar-refractivity contribution is -0.126. The molecule has 2 aromatic carbocycles. The molecule has 2 atom stereocenters. The monoisotopic (exact) mass is 437 g/mol. The van der Waals surface area contributed by atoms with Gasteiger partial charge in [0.2, 0.25) is 5.91 Å². The van der Waals surface area contributed by atoms with E-state index < -0.39 is 0 Å². The molecule has 1 fully saturated rings. The molecule has 2 aromatic rings. The van der Waals surface area contributed by atoms with E-state index in [1.807, 2.05) is 69.2 Å². The Morgan fingerprint density at radius 1 is 1.16 bits per heavy atom. The van der Waals surface area contributed by atoms with Gasteiger partial charge in [-0.15, -0.1) is 0 Å². The molecule has 0 aromatic heterocycles. The van der Waals surface area contributed by atoms with Crippen molar-refractivity contribution in [3.8, 4) is 5.75 Å². The fourth-order valence-corrected chi connectivity index (χ4v) is 4.45. The number of ether oxygens (including phenoxy) is 1. The number of methoxy groups -OCH3 is 1. The molecule has 0 saturated carbocycles. The maximum absolute atomic E-state index is 13.0. The number of benzene rings is 2. The molecule has 32 heavy (non-hydrogen) atoms. The third-order valence-electron chi connectivity index (χ3n) is 6.12. The quantitative estimate of drug-likeness (QED) is 0.719. The van der Waals surface area contributed by atoms with E-state index in [9.17, 15) is 9.59 Å². The number of hydrogen-bond acceptors (Lipinski definition) is 4. The molecule has 1 aliphatic rings. The number of carbonyl (C=O) groups is 2. The number of carbonyl (C=O) groups excluding carboxylic acids is 2. The third kappa shape index (κ3) is 5.88. The predicted molar refractivity (Wildman–Crippen MR) is 127 cm³/mol. The summed E-state index contributed by atoms with van der Waals surface area (Å²) in [5, 5.41) is 3.13. The first-order valence-electron chi connectivity index (χ1n) is 11.2. The summed E-state index contributed by atoms with van der Waals surface area (Å²) in [6.45, 7) is 5.66. The Kier molecular flexibility index (Phi) is 7.91. The van der Waals surface area contributed by atoms with Gasteiger partial charge in [-0.05, 0) is 70.6 Å². The number of hydrogen-bond donors (Lipinski definition) is 1. The lowest BCUT2D eigenvalue weighted by atomic mass is 9.95. The van der Waals surface area contributed by atoms with Crippen molar-refractivity contribution in [2.75, 3.05) is 40.8 Å². The van der Waals surface area contributed by atoms with E-state index in [-0.39, 0.29) is 23.8 Å². The van der Waals surface area contributed by atoms with Crippen molar-refractivity contribution in [1.82, 2.24) is 15.1 Å². The molecule has 172 valence electrons. The van der Waals surface area contributed by atoms with Crippen LogP contribution in [0.5, 0.6) is 5.75 Å². The van der Waals surface area contributed by atoms with Crippen LogP contribution in [0.4, 0.5) is 0 Å². The van der Waals surface area contributed by atoms with Gasteiger partial charge in [0.1, 0.15) is 5.75 Å². The Balaban J connectivity index is 1.63. The molecule has 1 aliphatic heterocycles. The highest BCUT2D eigenvalue weighted by atomic mass is 16.5. The number of piperidine rings is 1. The van der Waals surface area contributed by atoms with Crippen LogP contribution in [0.1, 0.15) is 45.9 Å². The molecule has 6 heteroatoms. The molecule has 0 radical (unpaired) electrons. The molecule has 3 rings (SSSR count). The molecule has 1 N–H and O–H groups in total. The maximum Gasteiger partial charge on any atom is 0.253 e. The summed E-state index contributed by atoms with van der Waals surface area (Å²) in [6.07, 6.45) is 1.63. The number of likely N-dealkylation sites (N-methyl/N-ethyl adjacent to an activating group) is 1. The highest BCUT2D eigenvalue weighted by Crippen LogP contribution is 2.23. The van der Waals surface area contributed by atoms with Gasteiger partial charge in [0, 0.05) is 25.2 Å². The van der Waals surface area contributed by atoms with Crippen LogP contribution >= 0.6 is 0 Å². The zero-order valence-electron chi connectivity index (χ0n) is 19.9. The summed E-state index contributed by atoms with van der Waals surface area (Å²) in [7, 11) is 5.65. The van der Waals surface area contributed by atoms with E-state index in [1.165, 1.54) is 0 Å². The fourth-order valence-electron chi connectivity index (χ4n) is 4.45. The van der Waals surface area contributed by atoms with E-state index >= 15 is 0 Å². The Morgan fingerprint density at radius 3 is 2.53 bits per heavy atom. The van der Waals surface area contributed by atoms with Crippen molar-refractivity contribution < 1.29 is 14.3 Å². The standard InChI is InChI=1S/C26H35N3O3/c1-18-12-19(2)14-22(13-18)26(31)29-11-7-9-21(17-29)25(30)27-16-24(28(3)4)20-8-6-10-23(15-20)32-5/h6,8,10,12-15,21,24H,7,9,11,16-17H2,1-5H3,(H,27,30). The Morgan fingerprint density at radius 2 is 1.88 bits per heavy atom. The highest BCUT2D eigenvalue weighted by molar-refractivity contribution is 5.95. The van der Waals surface area contributed by atoms with E-state index in [0.717, 1.165) is 35.3 Å². The molecule has 1 saturated heterocycles. The minimum atomic E-state index is -0.188. The molecule has 0 aliphatic carbocycles. The van der Waals surface area contributed by atoms with Gasteiger partial charge in [0.15, 0.2) is 0 Å². The molecule has 1 heterocycles. The minimum absolute atomic E-state index is 0.0110. The number of rotatable bonds is 7. The minimum Gasteiger partial charge on any atom is -0.497 e. The van der Waals surface area contributed by atoms with Crippen molar-refractivity contribution in [3.05, 3.63) is 64.7 Å². The number of likely N-dealkylation sites (tertiary alicyclic amines) is 1. The topological polar surface area (TPSA) is 61.9 Å². The first-order valence-corrected chi connectivity index (χ1v) is 11.2. The average molecular weight is 438 g/mol. The van der Waals surface area contributed by atoms with E-state index in [4.69, 9.17) is 4.74 Å². The molecular weight excluding hydrogens is 402 g/mol. The number of aryl methyl sites for hydroxylation is 2. The van der Waals surface area contributed by atoms with Crippen LogP contribution in [0.2, 0.25) is 0 Å². The fraction of sp³-hybridized carbons (Fsp3) is 0.462. The van der Waals surface area contributed by atoms with Gasteiger partial charge in [-0.3, -0.25) is 9.59 Å². The van der Waals surface area contributed by atoms with E-state index in [0.29, 0.717) is 25.2 Å². The largest absolute Gasteiger partial charge is 0.497 e. The Labute approximate surface area is 191 Å². The van der Waals surface area contributed by atoms with Crippen LogP contribution in [0.3, 0.4) is 0 Å². The molecule has 2 unspecified atom stereocenters. The summed E-state index contributed by atoms with van der Waals surface area (Å²) in [6, 6.07) is 13.9. The number of amides is 2. The van der Waals surface area contributed by atoms with Gasteiger partial charge >= 0.3 is 0 Å². The van der Waals surface area contributed by atoms with Gasteiger partial charge in [0.25, 0.3) is 5.91 Å². The second-order valence-electron chi connectivity index (χ2n) is 8.97. The van der Waals surface area contributed by atoms with Gasteiger partial charge in [-0.2, -0.15) is 0 Å². The highest BCUT2D eigenvalue weighted by Gasteiger charge is 2.29. The normalized spacial score (nSPS) is 17.2. The van der Waals surface area contributed by atoms with Crippen LogP contribution in [-0.4, -0.2) is 62.5 Å². The molecular formula is C26H35N3O3. The van der Waals surface area contributed by atoms with Crippen molar-refractivity contribution >= 4 is 11.8 Å². The lowest BCUT2D eigenvalue weighted by Gasteiger charge is -2.33. The second kappa shape index (κ2) is 10.6. The summed E-state index contributed by atoms with van der Waals surface area (Å²) < 4.78 is 5.35. The van der Waals surface area contributed by atoms with Crippen molar-refractivity contribution in [2.24, 2.45) is 5.92 Å². The van der Waals surface area contributed by atoms with Crippen molar-refractivity contribution in [2.45, 2.75) is 32.7 Å². The molecule has 0 spiro atoms. The van der Waals surface area contributed by atoms with Gasteiger partial charge in [-0.25, -0.2) is 0 Å². The summed E-state index contributed by atoms with van der Waals surface area (Å²) in [5.41, 5.74) is 3.94. The van der Waals surface area contributed by atoms with Crippen molar-refractivity contribution in [3.63, 3.8) is 0 Å². The molecule has 0 bridgehead atoms. The number of nitrogens with one attached hydrogen (secondary N) is 1. The van der Waals surface area contributed by atoms with Gasteiger partial charge in [-0.1, -0.05) is 29.3 Å². The van der Waals surface area contributed by atoms with E-state index in [2.05, 4.69) is 16.3 Å². The van der Waals surface area contributed by atoms with Gasteiger partial charge < -0.3 is 19.9 Å². The Hall–Kier alpha value is -2.86. The summed E-state index contributed by atoms with van der Waals surface area (Å²) in [5.74, 6) is 0.634. The zero-order valence-corrected chi connectivity index (χ0v) is 19.9. The first kappa shape index (κ1) is 23.8.